The number of nitriles is 1. The Labute approximate surface area is 499 Å². The number of nitrogens with one attached hydrogen (secondary N) is 3. The molecule has 436 valence electrons. The Morgan fingerprint density at radius 1 is 0.917 bits per heavy atom. The van der Waals surface area contributed by atoms with E-state index >= 15 is 13.2 Å². The first-order valence-corrected chi connectivity index (χ1v) is 28.3. The van der Waals surface area contributed by atoms with E-state index in [-0.39, 0.29) is 111 Å². The van der Waals surface area contributed by atoms with E-state index in [1.54, 1.807) is 54.4 Å². The number of carbonyl (C=O) groups is 4. The van der Waals surface area contributed by atoms with Crippen molar-refractivity contribution in [3.05, 3.63) is 164 Å². The molecular weight excluding hydrogens is 1140 g/mol. The Bertz CT molecular complexity index is 3790. The van der Waals surface area contributed by atoms with Crippen molar-refractivity contribution in [2.24, 2.45) is 5.41 Å². The zero-order chi connectivity index (χ0) is 60.4. The predicted octanol–water partition coefficient (Wildman–Crippen LogP) is 11.2. The molecule has 6 aromatic carbocycles. The lowest BCUT2D eigenvalue weighted by Gasteiger charge is -2.37. The van der Waals surface area contributed by atoms with Crippen molar-refractivity contribution < 1.29 is 42.2 Å². The van der Waals surface area contributed by atoms with Crippen LogP contribution in [0.2, 0.25) is 15.1 Å². The molecule has 0 unspecified atom stereocenters. The van der Waals surface area contributed by atoms with Crippen LogP contribution in [0.1, 0.15) is 66.6 Å². The maximum absolute atomic E-state index is 17.1. The van der Waals surface area contributed by atoms with Gasteiger partial charge in [0.1, 0.15) is 39.9 Å². The second-order valence-corrected chi connectivity index (χ2v) is 23.4. The molecule has 1 aromatic heterocycles. The zero-order valence-electron chi connectivity index (χ0n) is 46.8. The number of fused-ring (bicyclic) bond motifs is 2. The highest BCUT2D eigenvalue weighted by molar-refractivity contribution is 6.35. The Morgan fingerprint density at radius 3 is 2.37 bits per heavy atom. The molecule has 2 saturated heterocycles. The predicted molar refractivity (Wildman–Crippen MR) is 321 cm³/mol. The van der Waals surface area contributed by atoms with Crippen LogP contribution in [0.15, 0.2) is 110 Å². The summed E-state index contributed by atoms with van der Waals surface area (Å²) in [6.45, 7) is 11.1. The van der Waals surface area contributed by atoms with Crippen molar-refractivity contribution in [2.45, 2.75) is 63.5 Å². The molecule has 7 aromatic rings. The summed E-state index contributed by atoms with van der Waals surface area (Å²) in [5.41, 5.74) is -1.44. The number of benzene rings is 6. The molecule has 4 N–H and O–H groups in total. The molecule has 9 rings (SSSR count). The number of amides is 3. The van der Waals surface area contributed by atoms with Gasteiger partial charge in [0.05, 0.1) is 29.3 Å². The highest BCUT2D eigenvalue weighted by Gasteiger charge is 2.61. The second kappa shape index (κ2) is 25.1. The molecule has 0 spiro atoms. The lowest BCUT2D eigenvalue weighted by molar-refractivity contribution is -0.129. The van der Waals surface area contributed by atoms with E-state index in [1.807, 2.05) is 25.7 Å². The van der Waals surface area contributed by atoms with Crippen LogP contribution in [-0.2, 0) is 26.2 Å². The summed E-state index contributed by atoms with van der Waals surface area (Å²) < 4.78 is 55.3. The van der Waals surface area contributed by atoms with E-state index in [9.17, 15) is 29.5 Å². The Kier molecular flexibility index (Phi) is 18.1. The molecule has 2 aliphatic heterocycles. The standard InChI is InChI=1S/C63H61Cl3F3N9O6/c1-7-51(81)77-23-25-78(26-24-77)59-43-32-46(66)53(42-31-39(79)27-35-11-8-9-12-40(35)42)56(69)57(43)74-61(75-59)72-20-19-52(82)76(5)22-21-71-60(83)37-16-15-36(49(29-37)84-6)28-48(80)58-54(41-13-10-14-45(65)55(41)68)63(34-70,50(73-58)33-62(2,3)4)44-18-17-38(64)30-47(44)67/h7-18,27,29-32,50,54,58,73,79H,1,19-26,28,33H2,2-6H3,(H,71,83)(H,72,74,75)/t50-,54-,58-,63-/m0/s1. The molecule has 21 heteroatoms. The number of aromatic nitrogens is 2. The van der Waals surface area contributed by atoms with E-state index in [0.717, 1.165) is 6.07 Å². The minimum atomic E-state index is -1.82. The average Bonchev–Trinajstić information content (AvgIpc) is 1.53. The van der Waals surface area contributed by atoms with E-state index in [4.69, 9.17) is 44.5 Å². The van der Waals surface area contributed by atoms with Crippen LogP contribution in [0.4, 0.5) is 24.9 Å². The number of methoxy groups -OCH3 is 1. The lowest BCUT2D eigenvalue weighted by atomic mass is 9.62. The SMILES string of the molecule is C=CC(=O)N1CCN(c2nc(NCCC(=O)N(C)CCNC(=O)c3ccc(CC(=O)[C@@H]4N[C@@H](CC(C)(C)C)[C@](C#N)(c5ccc(Cl)cc5F)[C@H]4c4cccc(Cl)c4F)c(OC)c3)nc3c(F)c(-c4cc(O)cc5ccccc45)c(Cl)cc23)CC1. The number of aromatic hydroxyl groups is 1. The number of ketones is 1. The first-order chi connectivity index (χ1) is 40.1. The molecule has 0 aliphatic carbocycles. The topological polar surface area (TPSA) is 193 Å². The normalized spacial score (nSPS) is 17.9. The van der Waals surface area contributed by atoms with Crippen LogP contribution in [0.25, 0.3) is 32.8 Å². The summed E-state index contributed by atoms with van der Waals surface area (Å²) in [7, 11) is 2.97. The number of nitrogens with zero attached hydrogens (tertiary/aromatic N) is 6. The van der Waals surface area contributed by atoms with Gasteiger partial charge in [-0.2, -0.15) is 10.2 Å². The zero-order valence-corrected chi connectivity index (χ0v) is 49.0. The van der Waals surface area contributed by atoms with Crippen molar-refractivity contribution >= 4 is 91.7 Å². The molecule has 0 radical (unpaired) electrons. The Morgan fingerprint density at radius 2 is 1.67 bits per heavy atom. The minimum absolute atomic E-state index is 0.0343. The van der Waals surface area contributed by atoms with E-state index in [0.29, 0.717) is 59.3 Å². The first kappa shape index (κ1) is 60.6. The van der Waals surface area contributed by atoms with Gasteiger partial charge >= 0.3 is 0 Å². The van der Waals surface area contributed by atoms with Crippen molar-refractivity contribution in [2.75, 3.05) is 70.2 Å². The quantitative estimate of drug-likeness (QED) is 0.0595. The molecule has 2 aliphatic rings. The van der Waals surface area contributed by atoms with E-state index < -0.39 is 58.0 Å². The molecule has 15 nitrogen and oxygen atoms in total. The van der Waals surface area contributed by atoms with Gasteiger partial charge in [-0.1, -0.05) is 111 Å². The van der Waals surface area contributed by atoms with Crippen molar-refractivity contribution in [3.63, 3.8) is 0 Å². The summed E-state index contributed by atoms with van der Waals surface area (Å²) >= 11 is 19.4. The molecular formula is C63H61Cl3F3N9O6. The highest BCUT2D eigenvalue weighted by Crippen LogP contribution is 2.53. The molecule has 3 amide bonds. The van der Waals surface area contributed by atoms with Crippen LogP contribution in [0.3, 0.4) is 0 Å². The maximum Gasteiger partial charge on any atom is 0.251 e. The van der Waals surface area contributed by atoms with Crippen LogP contribution in [0, 0.1) is 34.2 Å². The fourth-order valence-electron chi connectivity index (χ4n) is 11.5. The van der Waals surface area contributed by atoms with Gasteiger partial charge in [0.15, 0.2) is 11.6 Å². The highest BCUT2D eigenvalue weighted by atomic mass is 35.5. The number of phenols is 1. The molecule has 3 heterocycles. The van der Waals surface area contributed by atoms with Gasteiger partial charge in [0, 0.05) is 110 Å². The fraction of sp³-hybridized carbons (Fsp3) is 0.317. The van der Waals surface area contributed by atoms with E-state index in [1.165, 1.54) is 66.6 Å². The van der Waals surface area contributed by atoms with Crippen molar-refractivity contribution in [3.8, 4) is 28.7 Å². The van der Waals surface area contributed by atoms with Crippen LogP contribution in [0.5, 0.6) is 11.5 Å². The molecule has 0 saturated carbocycles. The Balaban J connectivity index is 0.874. The number of phenolic OH excluding ortho intramolecular Hbond substituents is 1. The maximum atomic E-state index is 17.1. The number of ether oxygens (including phenoxy) is 1. The number of piperazine rings is 1. The molecule has 2 fully saturated rings. The third-order valence-corrected chi connectivity index (χ3v) is 16.4. The average molecular weight is 1200 g/mol. The van der Waals surface area contributed by atoms with Crippen molar-refractivity contribution in [1.29, 1.82) is 5.26 Å². The van der Waals surface area contributed by atoms with Gasteiger partial charge in [-0.15, -0.1) is 0 Å². The van der Waals surface area contributed by atoms with Gasteiger partial charge in [-0.25, -0.2) is 18.2 Å². The van der Waals surface area contributed by atoms with Gasteiger partial charge in [0.25, 0.3) is 5.91 Å². The first-order valence-electron chi connectivity index (χ1n) is 27.2. The molecule has 84 heavy (non-hydrogen) atoms. The second-order valence-electron chi connectivity index (χ2n) is 22.2. The van der Waals surface area contributed by atoms with Crippen molar-refractivity contribution in [1.82, 2.24) is 30.4 Å². The van der Waals surface area contributed by atoms with Gasteiger partial charge in [-0.05, 0) is 88.3 Å². The summed E-state index contributed by atoms with van der Waals surface area (Å²) in [6, 6.07) is 24.9. The third-order valence-electron chi connectivity index (χ3n) is 15.5. The fourth-order valence-corrected chi connectivity index (χ4v) is 12.1. The monoisotopic (exact) mass is 1200 g/mol. The number of hydrogen-bond acceptors (Lipinski definition) is 12. The number of Topliss-reactive ketones (excluding diaryl/α,β-unsaturated/α-hetero) is 1. The number of rotatable bonds is 18. The summed E-state index contributed by atoms with van der Waals surface area (Å²) in [6.07, 6.45) is 1.21. The summed E-state index contributed by atoms with van der Waals surface area (Å²) in [5.74, 6) is -4.58. The number of anilines is 2. The summed E-state index contributed by atoms with van der Waals surface area (Å²) in [5, 5.41) is 32.8. The minimum Gasteiger partial charge on any atom is -0.508 e. The summed E-state index contributed by atoms with van der Waals surface area (Å²) in [4.78, 5) is 68.7. The Hall–Kier alpha value is -7.95. The van der Waals surface area contributed by atoms with Gasteiger partial charge in [0.2, 0.25) is 17.8 Å². The van der Waals surface area contributed by atoms with Crippen LogP contribution in [-0.4, -0.2) is 120 Å². The lowest BCUT2D eigenvalue weighted by Crippen LogP contribution is -2.48. The molecule has 4 atom stereocenters. The number of halogens is 6. The number of carbonyl (C=O) groups excluding carboxylic acids is 4. The largest absolute Gasteiger partial charge is 0.508 e. The number of likely N-dealkylation sites (N-methyl/N-ethyl adjacent to an activating group) is 1. The van der Waals surface area contributed by atoms with Crippen LogP contribution < -0.4 is 25.6 Å². The smallest absolute Gasteiger partial charge is 0.251 e. The number of hydrogen-bond donors (Lipinski definition) is 4. The van der Waals surface area contributed by atoms with Gasteiger partial charge in [-0.3, -0.25) is 19.2 Å². The van der Waals surface area contributed by atoms with Crippen LogP contribution >= 0.6 is 34.8 Å². The van der Waals surface area contributed by atoms with Gasteiger partial charge < -0.3 is 40.5 Å². The van der Waals surface area contributed by atoms with E-state index in [2.05, 4.69) is 33.6 Å². The third kappa shape index (κ3) is 12.3. The molecule has 0 bridgehead atoms.